The number of ether oxygens (including phenoxy) is 2. The van der Waals surface area contributed by atoms with Crippen LogP contribution in [-0.4, -0.2) is 48.5 Å². The molecule has 6 atom stereocenters. The smallest absolute Gasteiger partial charge is 0.165 e. The monoisotopic (exact) mass is 495 g/mol. The lowest BCUT2D eigenvalue weighted by Crippen LogP contribution is -2.68. The van der Waals surface area contributed by atoms with Gasteiger partial charge in [-0.15, -0.1) is 0 Å². The van der Waals surface area contributed by atoms with Gasteiger partial charge in [0.25, 0.3) is 0 Å². The second-order valence-electron chi connectivity index (χ2n) is 10.7. The molecule has 2 aromatic carbocycles. The van der Waals surface area contributed by atoms with E-state index in [9.17, 15) is 5.11 Å². The maximum absolute atomic E-state index is 11.8. The first kappa shape index (κ1) is 19.9. The molecule has 3 aliphatic carbocycles. The topological polar surface area (TPSA) is 41.9 Å². The maximum Gasteiger partial charge on any atom is 0.165 e. The van der Waals surface area contributed by atoms with E-state index in [4.69, 9.17) is 9.47 Å². The van der Waals surface area contributed by atoms with Crippen LogP contribution in [0.1, 0.15) is 48.3 Å². The molecule has 5 aliphatic rings. The number of hydrogen-bond acceptors (Lipinski definition) is 4. The Kier molecular flexibility index (Phi) is 4.33. The van der Waals surface area contributed by atoms with Crippen molar-refractivity contribution in [2.45, 2.75) is 61.7 Å². The molecule has 5 heteroatoms. The number of benzene rings is 2. The summed E-state index contributed by atoms with van der Waals surface area (Å²) in [6, 6.07) is 13.4. The minimum atomic E-state index is -0.522. The summed E-state index contributed by atoms with van der Waals surface area (Å²) in [7, 11) is 1.73. The van der Waals surface area contributed by atoms with Crippen LogP contribution >= 0.6 is 15.9 Å². The zero-order chi connectivity index (χ0) is 21.6. The Morgan fingerprint density at radius 1 is 1.19 bits per heavy atom. The minimum absolute atomic E-state index is 0.0898. The van der Waals surface area contributed by atoms with E-state index in [-0.39, 0.29) is 17.4 Å². The molecule has 1 unspecified atom stereocenters. The van der Waals surface area contributed by atoms with Crippen LogP contribution in [0.4, 0.5) is 0 Å². The molecule has 32 heavy (non-hydrogen) atoms. The fourth-order valence-electron chi connectivity index (χ4n) is 7.64. The first-order valence-electron chi connectivity index (χ1n) is 12.1. The lowest BCUT2D eigenvalue weighted by molar-refractivity contribution is -0.114. The summed E-state index contributed by atoms with van der Waals surface area (Å²) < 4.78 is 13.5. The number of halogens is 1. The van der Waals surface area contributed by atoms with Crippen molar-refractivity contribution in [1.29, 1.82) is 0 Å². The summed E-state index contributed by atoms with van der Waals surface area (Å²) >= 11 is 3.57. The highest BCUT2D eigenvalue weighted by Crippen LogP contribution is 2.65. The first-order valence-corrected chi connectivity index (χ1v) is 12.9. The number of methoxy groups -OCH3 is 1. The summed E-state index contributed by atoms with van der Waals surface area (Å²) in [6.07, 6.45) is 5.24. The molecule has 4 nitrogen and oxygen atoms in total. The van der Waals surface area contributed by atoms with Gasteiger partial charge in [0.1, 0.15) is 6.10 Å². The molecule has 0 aromatic heterocycles. The van der Waals surface area contributed by atoms with Crippen LogP contribution in [0.25, 0.3) is 0 Å². The molecular formula is C27H30BrNO3. The van der Waals surface area contributed by atoms with E-state index in [0.29, 0.717) is 12.0 Å². The van der Waals surface area contributed by atoms with E-state index in [1.807, 2.05) is 0 Å². The number of aliphatic hydroxyl groups is 1. The van der Waals surface area contributed by atoms with Crippen molar-refractivity contribution in [1.82, 2.24) is 4.90 Å². The zero-order valence-corrected chi connectivity index (χ0v) is 20.1. The largest absolute Gasteiger partial charge is 0.493 e. The Morgan fingerprint density at radius 3 is 2.75 bits per heavy atom. The van der Waals surface area contributed by atoms with Gasteiger partial charge in [-0.3, -0.25) is 4.90 Å². The number of piperidine rings is 1. The Morgan fingerprint density at radius 2 is 2.00 bits per heavy atom. The molecule has 2 saturated carbocycles. The molecule has 2 aliphatic heterocycles. The fourth-order valence-corrected chi connectivity index (χ4v) is 7.91. The van der Waals surface area contributed by atoms with Gasteiger partial charge in [0.05, 0.1) is 13.2 Å². The third kappa shape index (κ3) is 2.62. The van der Waals surface area contributed by atoms with Crippen molar-refractivity contribution in [2.75, 3.05) is 20.2 Å². The Bertz CT molecular complexity index is 1070. The number of hydrogen-bond donors (Lipinski definition) is 1. The van der Waals surface area contributed by atoms with Crippen LogP contribution in [0.2, 0.25) is 0 Å². The maximum atomic E-state index is 11.8. The number of nitrogens with zero attached hydrogens (tertiary/aromatic N) is 1. The van der Waals surface area contributed by atoms with E-state index < -0.39 is 6.10 Å². The van der Waals surface area contributed by atoms with Crippen molar-refractivity contribution < 1.29 is 14.6 Å². The van der Waals surface area contributed by atoms with Gasteiger partial charge in [0.15, 0.2) is 11.5 Å². The Balaban J connectivity index is 1.37. The highest BCUT2D eigenvalue weighted by molar-refractivity contribution is 9.10. The number of rotatable bonds is 4. The van der Waals surface area contributed by atoms with Gasteiger partial charge in [0.2, 0.25) is 0 Å². The zero-order valence-electron chi connectivity index (χ0n) is 18.5. The standard InChI is InChI=1S/C27H30BrNO3/c1-31-22-9-6-17-12-21-20-13-19(16-4-7-18(28)8-5-16)24(30)26-27(20,23(17)25(22)32-26)10-11-29(21)14-15-2-3-15/h4-9,15,19-21,24,26,30H,2-3,10-14H2,1H3/t19-,20?,21-,24+,26+,27+/m1/s1. The van der Waals surface area contributed by atoms with Gasteiger partial charge in [-0.1, -0.05) is 34.1 Å². The van der Waals surface area contributed by atoms with E-state index in [1.165, 1.54) is 36.1 Å². The minimum Gasteiger partial charge on any atom is -0.493 e. The van der Waals surface area contributed by atoms with Crippen molar-refractivity contribution >= 4 is 15.9 Å². The normalized spacial score (nSPS) is 37.0. The van der Waals surface area contributed by atoms with Crippen LogP contribution in [-0.2, 0) is 11.8 Å². The molecule has 168 valence electrons. The van der Waals surface area contributed by atoms with E-state index in [0.717, 1.165) is 47.7 Å². The molecular weight excluding hydrogens is 466 g/mol. The average molecular weight is 496 g/mol. The Hall–Kier alpha value is -1.56. The summed E-state index contributed by atoms with van der Waals surface area (Å²) in [6.45, 7) is 2.36. The lowest BCUT2D eigenvalue weighted by Gasteiger charge is -2.60. The molecule has 1 spiro atoms. The molecule has 2 bridgehead atoms. The fraction of sp³-hybridized carbons (Fsp3) is 0.556. The molecule has 7 rings (SSSR count). The van der Waals surface area contributed by atoms with E-state index in [1.54, 1.807) is 7.11 Å². The highest BCUT2D eigenvalue weighted by Gasteiger charge is 2.67. The first-order chi connectivity index (χ1) is 15.6. The summed E-state index contributed by atoms with van der Waals surface area (Å²) in [5.74, 6) is 3.21. The van der Waals surface area contributed by atoms with Crippen molar-refractivity contribution in [3.8, 4) is 11.5 Å². The van der Waals surface area contributed by atoms with Crippen LogP contribution < -0.4 is 9.47 Å². The molecule has 1 N–H and O–H groups in total. The second kappa shape index (κ2) is 6.97. The van der Waals surface area contributed by atoms with Gasteiger partial charge in [-0.05, 0) is 79.8 Å². The quantitative estimate of drug-likeness (QED) is 0.669. The second-order valence-corrected chi connectivity index (χ2v) is 11.6. The van der Waals surface area contributed by atoms with E-state index >= 15 is 0 Å². The van der Waals surface area contributed by atoms with Gasteiger partial charge < -0.3 is 14.6 Å². The third-order valence-electron chi connectivity index (χ3n) is 9.20. The highest BCUT2D eigenvalue weighted by atomic mass is 79.9. The van der Waals surface area contributed by atoms with Gasteiger partial charge in [-0.2, -0.15) is 0 Å². The summed E-state index contributed by atoms with van der Waals surface area (Å²) in [5.41, 5.74) is 3.91. The number of aliphatic hydroxyl groups excluding tert-OH is 1. The predicted octanol–water partition coefficient (Wildman–Crippen LogP) is 4.66. The predicted molar refractivity (Wildman–Crippen MR) is 126 cm³/mol. The molecule has 0 radical (unpaired) electrons. The molecule has 3 fully saturated rings. The average Bonchev–Trinajstić information content (AvgIpc) is 3.55. The van der Waals surface area contributed by atoms with Crippen LogP contribution in [0.5, 0.6) is 11.5 Å². The van der Waals surface area contributed by atoms with Crippen LogP contribution in [0, 0.1) is 11.8 Å². The molecule has 1 saturated heterocycles. The van der Waals surface area contributed by atoms with Gasteiger partial charge >= 0.3 is 0 Å². The molecule has 2 aromatic rings. The molecule has 2 heterocycles. The summed E-state index contributed by atoms with van der Waals surface area (Å²) in [5, 5.41) is 11.8. The van der Waals surface area contributed by atoms with Crippen molar-refractivity contribution in [2.24, 2.45) is 11.8 Å². The Labute approximate surface area is 198 Å². The van der Waals surface area contributed by atoms with Crippen LogP contribution in [0.3, 0.4) is 0 Å². The van der Waals surface area contributed by atoms with Crippen molar-refractivity contribution in [3.63, 3.8) is 0 Å². The van der Waals surface area contributed by atoms with Crippen molar-refractivity contribution in [3.05, 3.63) is 57.6 Å². The number of likely N-dealkylation sites (tertiary alicyclic amines) is 1. The molecule has 0 amide bonds. The van der Waals surface area contributed by atoms with E-state index in [2.05, 4.69) is 57.2 Å². The van der Waals surface area contributed by atoms with Gasteiger partial charge in [-0.25, -0.2) is 0 Å². The summed E-state index contributed by atoms with van der Waals surface area (Å²) in [4.78, 5) is 2.80. The SMILES string of the molecule is COc1ccc2c3c1O[C@H]1[C@@H](O)[C@@H](c4ccc(Br)cc4)CC4[C@@H](C2)N(CC2CC2)CC[C@@]341. The third-order valence-corrected chi connectivity index (χ3v) is 9.73. The lowest BCUT2D eigenvalue weighted by atomic mass is 9.49. The van der Waals surface area contributed by atoms with Gasteiger partial charge in [0, 0.05) is 34.0 Å². The van der Waals surface area contributed by atoms with Crippen LogP contribution in [0.15, 0.2) is 40.9 Å².